The second-order valence-electron chi connectivity index (χ2n) is 7.17. The van der Waals surface area contributed by atoms with Crippen LogP contribution in [-0.2, 0) is 0 Å². The fourth-order valence-corrected chi connectivity index (χ4v) is 3.93. The van der Waals surface area contributed by atoms with E-state index in [1.807, 2.05) is 18.2 Å². The van der Waals surface area contributed by atoms with E-state index in [1.54, 1.807) is 10.9 Å². The normalized spacial score (nSPS) is 26.5. The standard InChI is InChI=1S/C19H24N6O2/c1-11(12-5-3-2-4-6-12)21-8-13-7-14(26)16(17(13)27)25-10-24-15-18(20)22-9-23-19(15)25/h2-6,9-11,13-14,16-17,21,26-27H,7-8H2,1H3,(H2,20,22,23)/t11-,13-,14-,16+,17+/m0/s1. The van der Waals surface area contributed by atoms with Crippen molar-refractivity contribution in [3.05, 3.63) is 48.5 Å². The van der Waals surface area contributed by atoms with E-state index >= 15 is 0 Å². The highest BCUT2D eigenvalue weighted by Crippen LogP contribution is 2.37. The molecule has 5 atom stereocenters. The number of hydrogen-bond acceptors (Lipinski definition) is 7. The molecule has 8 heteroatoms. The molecule has 2 aromatic heterocycles. The zero-order chi connectivity index (χ0) is 19.0. The molecule has 142 valence electrons. The highest BCUT2D eigenvalue weighted by molar-refractivity contribution is 5.81. The van der Waals surface area contributed by atoms with Crippen molar-refractivity contribution >= 4 is 17.0 Å². The minimum atomic E-state index is -0.718. The molecule has 4 rings (SSSR count). The summed E-state index contributed by atoms with van der Waals surface area (Å²) < 4.78 is 1.71. The van der Waals surface area contributed by atoms with Crippen molar-refractivity contribution in [1.82, 2.24) is 24.8 Å². The second kappa shape index (κ2) is 7.22. The topological polar surface area (TPSA) is 122 Å². The van der Waals surface area contributed by atoms with E-state index in [0.29, 0.717) is 24.1 Å². The van der Waals surface area contributed by atoms with Crippen molar-refractivity contribution < 1.29 is 10.2 Å². The Morgan fingerprint density at radius 3 is 2.78 bits per heavy atom. The molecule has 1 aromatic carbocycles. The first kappa shape index (κ1) is 17.8. The molecule has 1 aliphatic rings. The van der Waals surface area contributed by atoms with Gasteiger partial charge in [0.25, 0.3) is 0 Å². The van der Waals surface area contributed by atoms with Crippen LogP contribution in [0.4, 0.5) is 5.82 Å². The molecule has 0 saturated heterocycles. The van der Waals surface area contributed by atoms with Crippen LogP contribution < -0.4 is 11.1 Å². The van der Waals surface area contributed by atoms with Crippen LogP contribution in [0, 0.1) is 5.92 Å². The van der Waals surface area contributed by atoms with Gasteiger partial charge in [0.1, 0.15) is 11.8 Å². The lowest BCUT2D eigenvalue weighted by Gasteiger charge is -2.23. The number of fused-ring (bicyclic) bond motifs is 1. The number of nitrogen functional groups attached to an aromatic ring is 1. The number of aliphatic hydroxyl groups is 2. The molecule has 2 heterocycles. The number of hydrogen-bond donors (Lipinski definition) is 4. The number of nitrogens with two attached hydrogens (primary N) is 1. The monoisotopic (exact) mass is 368 g/mol. The SMILES string of the molecule is C[C@H](NC[C@@H]1C[C@H](O)[C@@H](n2cnc3c(N)ncnc32)[C@@H]1O)c1ccccc1. The minimum Gasteiger partial charge on any atom is -0.391 e. The van der Waals surface area contributed by atoms with E-state index in [-0.39, 0.29) is 17.8 Å². The van der Waals surface area contributed by atoms with Gasteiger partial charge in [0.15, 0.2) is 11.5 Å². The number of aromatic nitrogens is 4. The molecule has 0 bridgehead atoms. The molecule has 0 aliphatic heterocycles. The Labute approximate surface area is 157 Å². The number of imidazole rings is 1. The van der Waals surface area contributed by atoms with E-state index in [0.717, 1.165) is 0 Å². The number of nitrogens with zero attached hydrogens (tertiary/aromatic N) is 4. The quantitative estimate of drug-likeness (QED) is 0.531. The summed E-state index contributed by atoms with van der Waals surface area (Å²) in [4.78, 5) is 12.4. The lowest BCUT2D eigenvalue weighted by molar-refractivity contribution is 0.0613. The molecule has 3 aromatic rings. The molecule has 0 amide bonds. The molecule has 1 fully saturated rings. The summed E-state index contributed by atoms with van der Waals surface area (Å²) in [7, 11) is 0. The van der Waals surface area contributed by atoms with Crippen LogP contribution in [0.25, 0.3) is 11.2 Å². The summed E-state index contributed by atoms with van der Waals surface area (Å²) in [5.41, 5.74) is 8.04. The summed E-state index contributed by atoms with van der Waals surface area (Å²) in [6.07, 6.45) is 2.02. The van der Waals surface area contributed by atoms with Crippen LogP contribution in [0.3, 0.4) is 0 Å². The lowest BCUT2D eigenvalue weighted by atomic mass is 10.0. The van der Waals surface area contributed by atoms with Crippen molar-refractivity contribution in [3.63, 3.8) is 0 Å². The molecule has 0 spiro atoms. The van der Waals surface area contributed by atoms with Gasteiger partial charge in [-0.1, -0.05) is 30.3 Å². The molecule has 0 unspecified atom stereocenters. The van der Waals surface area contributed by atoms with Gasteiger partial charge in [-0.25, -0.2) is 15.0 Å². The zero-order valence-corrected chi connectivity index (χ0v) is 15.1. The van der Waals surface area contributed by atoms with E-state index in [1.165, 1.54) is 11.9 Å². The first-order chi connectivity index (χ1) is 13.1. The average Bonchev–Trinajstić information content (AvgIpc) is 3.22. The molecule has 0 radical (unpaired) electrons. The molecular weight excluding hydrogens is 344 g/mol. The van der Waals surface area contributed by atoms with Crippen molar-refractivity contribution in [2.45, 2.75) is 37.6 Å². The highest BCUT2D eigenvalue weighted by Gasteiger charge is 2.43. The van der Waals surface area contributed by atoms with Gasteiger partial charge in [0, 0.05) is 18.5 Å². The summed E-state index contributed by atoms with van der Waals surface area (Å²) in [6, 6.07) is 9.80. The molecule has 5 N–H and O–H groups in total. The number of nitrogens with one attached hydrogen (secondary N) is 1. The smallest absolute Gasteiger partial charge is 0.165 e. The van der Waals surface area contributed by atoms with Gasteiger partial charge in [0.2, 0.25) is 0 Å². The van der Waals surface area contributed by atoms with Crippen molar-refractivity contribution in [2.24, 2.45) is 5.92 Å². The number of rotatable bonds is 5. The molecular formula is C19H24N6O2. The maximum atomic E-state index is 10.9. The van der Waals surface area contributed by atoms with Crippen LogP contribution in [0.15, 0.2) is 43.0 Å². The van der Waals surface area contributed by atoms with Crippen LogP contribution in [0.5, 0.6) is 0 Å². The highest BCUT2D eigenvalue weighted by atomic mass is 16.3. The summed E-state index contributed by atoms with van der Waals surface area (Å²) in [5, 5.41) is 24.9. The van der Waals surface area contributed by atoms with Crippen LogP contribution in [0.1, 0.15) is 31.0 Å². The fourth-order valence-electron chi connectivity index (χ4n) is 3.93. The van der Waals surface area contributed by atoms with E-state index in [9.17, 15) is 10.2 Å². The van der Waals surface area contributed by atoms with Gasteiger partial charge in [-0.05, 0) is 18.9 Å². The third-order valence-corrected chi connectivity index (χ3v) is 5.47. The van der Waals surface area contributed by atoms with E-state index in [2.05, 4.69) is 39.3 Å². The van der Waals surface area contributed by atoms with Crippen LogP contribution in [-0.4, -0.2) is 48.5 Å². The number of benzene rings is 1. The second-order valence-corrected chi connectivity index (χ2v) is 7.17. The Bertz CT molecular complexity index is 915. The largest absolute Gasteiger partial charge is 0.391 e. The molecule has 1 aliphatic carbocycles. The third kappa shape index (κ3) is 3.27. The Morgan fingerprint density at radius 2 is 2.00 bits per heavy atom. The molecule has 8 nitrogen and oxygen atoms in total. The lowest BCUT2D eigenvalue weighted by Crippen LogP contribution is -2.33. The van der Waals surface area contributed by atoms with Crippen molar-refractivity contribution in [2.75, 3.05) is 12.3 Å². The van der Waals surface area contributed by atoms with Crippen molar-refractivity contribution in [3.8, 4) is 0 Å². The minimum absolute atomic E-state index is 0.0761. The van der Waals surface area contributed by atoms with Gasteiger partial charge in [0.05, 0.1) is 24.6 Å². The van der Waals surface area contributed by atoms with Gasteiger partial charge >= 0.3 is 0 Å². The Balaban J connectivity index is 1.49. The van der Waals surface area contributed by atoms with Crippen molar-refractivity contribution in [1.29, 1.82) is 0 Å². The van der Waals surface area contributed by atoms with Gasteiger partial charge < -0.3 is 25.8 Å². The van der Waals surface area contributed by atoms with Gasteiger partial charge in [-0.3, -0.25) is 0 Å². The molecule has 27 heavy (non-hydrogen) atoms. The van der Waals surface area contributed by atoms with E-state index in [4.69, 9.17) is 5.73 Å². The summed E-state index contributed by atoms with van der Waals surface area (Å²) in [5.74, 6) is 0.212. The van der Waals surface area contributed by atoms with E-state index < -0.39 is 18.2 Å². The fraction of sp³-hybridized carbons (Fsp3) is 0.421. The third-order valence-electron chi connectivity index (χ3n) is 5.47. The Morgan fingerprint density at radius 1 is 1.22 bits per heavy atom. The Kier molecular flexibility index (Phi) is 4.77. The summed E-state index contributed by atoms with van der Waals surface area (Å²) in [6.45, 7) is 2.70. The number of anilines is 1. The predicted octanol–water partition coefficient (Wildman–Crippen LogP) is 1.04. The van der Waals surface area contributed by atoms with Gasteiger partial charge in [-0.2, -0.15) is 0 Å². The maximum absolute atomic E-state index is 10.9. The number of aliphatic hydroxyl groups excluding tert-OH is 2. The van der Waals surface area contributed by atoms with Gasteiger partial charge in [-0.15, -0.1) is 0 Å². The predicted molar refractivity (Wildman–Crippen MR) is 102 cm³/mol. The summed E-state index contributed by atoms with van der Waals surface area (Å²) >= 11 is 0. The zero-order valence-electron chi connectivity index (χ0n) is 15.1. The maximum Gasteiger partial charge on any atom is 0.165 e. The Hall–Kier alpha value is -2.55. The van der Waals surface area contributed by atoms with Crippen LogP contribution in [0.2, 0.25) is 0 Å². The molecule has 1 saturated carbocycles. The first-order valence-electron chi connectivity index (χ1n) is 9.13. The van der Waals surface area contributed by atoms with Crippen LogP contribution >= 0.6 is 0 Å². The average molecular weight is 368 g/mol. The first-order valence-corrected chi connectivity index (χ1v) is 9.13.